The number of benzene rings is 1. The van der Waals surface area contributed by atoms with Gasteiger partial charge in [-0.05, 0) is 61.1 Å². The Morgan fingerprint density at radius 1 is 1.00 bits per heavy atom. The van der Waals surface area contributed by atoms with Crippen molar-refractivity contribution >= 4 is 28.4 Å². The highest BCUT2D eigenvalue weighted by atomic mass is 16.3. The largest absolute Gasteiger partial charge is 0.459 e. The molecule has 32 heavy (non-hydrogen) atoms. The molecule has 1 aliphatic carbocycles. The molecular weight excluding hydrogens is 402 g/mol. The van der Waals surface area contributed by atoms with Crippen molar-refractivity contribution in [3.8, 4) is 6.07 Å². The summed E-state index contributed by atoms with van der Waals surface area (Å²) in [6.45, 7) is 2.71. The molecule has 0 unspecified atom stereocenters. The zero-order valence-electron chi connectivity index (χ0n) is 17.8. The number of furan rings is 1. The van der Waals surface area contributed by atoms with Gasteiger partial charge in [0.2, 0.25) is 0 Å². The summed E-state index contributed by atoms with van der Waals surface area (Å²) in [5.41, 5.74) is 5.82. The van der Waals surface area contributed by atoms with Crippen LogP contribution >= 0.6 is 0 Å². The fourth-order valence-electron chi connectivity index (χ4n) is 5.23. The summed E-state index contributed by atoms with van der Waals surface area (Å²) >= 11 is 0. The van der Waals surface area contributed by atoms with E-state index in [1.54, 1.807) is 12.1 Å². The lowest BCUT2D eigenvalue weighted by atomic mass is 9.88. The predicted octanol–water partition coefficient (Wildman–Crippen LogP) is 3.79. The molecule has 4 aromatic rings. The number of carbonyl (C=O) groups is 1. The number of hydrogen-bond donors (Lipinski definition) is 0. The van der Waals surface area contributed by atoms with Crippen molar-refractivity contribution < 1.29 is 9.21 Å². The number of imidazole rings is 1. The third-order valence-electron chi connectivity index (χ3n) is 6.75. The number of nitriles is 1. The minimum absolute atomic E-state index is 0.0604. The minimum Gasteiger partial charge on any atom is -0.459 e. The van der Waals surface area contributed by atoms with Crippen molar-refractivity contribution in [2.24, 2.45) is 0 Å². The Balaban J connectivity index is 1.46. The Labute approximate surface area is 185 Å². The van der Waals surface area contributed by atoms with Crippen LogP contribution in [0.4, 0.5) is 5.82 Å². The van der Waals surface area contributed by atoms with Crippen LogP contribution in [0.25, 0.3) is 16.7 Å². The summed E-state index contributed by atoms with van der Waals surface area (Å²) in [6.07, 6.45) is 5.64. The second-order valence-corrected chi connectivity index (χ2v) is 8.49. The van der Waals surface area contributed by atoms with Gasteiger partial charge in [0.1, 0.15) is 11.9 Å². The summed E-state index contributed by atoms with van der Waals surface area (Å²) in [5, 5.41) is 10.0. The van der Waals surface area contributed by atoms with E-state index in [4.69, 9.17) is 9.40 Å². The van der Waals surface area contributed by atoms with Crippen LogP contribution in [0.5, 0.6) is 0 Å². The first-order valence-electron chi connectivity index (χ1n) is 11.2. The zero-order valence-corrected chi connectivity index (χ0v) is 17.8. The molecule has 1 saturated heterocycles. The molecule has 1 aliphatic heterocycles. The van der Waals surface area contributed by atoms with Gasteiger partial charge in [-0.2, -0.15) is 5.26 Å². The number of rotatable bonds is 2. The number of aromatic nitrogens is 2. The van der Waals surface area contributed by atoms with Crippen molar-refractivity contribution in [2.75, 3.05) is 31.1 Å². The van der Waals surface area contributed by atoms with Crippen molar-refractivity contribution in [3.05, 3.63) is 65.1 Å². The van der Waals surface area contributed by atoms with Crippen LogP contribution in [-0.4, -0.2) is 46.4 Å². The molecule has 160 valence electrons. The van der Waals surface area contributed by atoms with Crippen LogP contribution in [0.1, 0.15) is 40.1 Å². The van der Waals surface area contributed by atoms with E-state index in [0.29, 0.717) is 24.4 Å². The first kappa shape index (κ1) is 18.9. The van der Waals surface area contributed by atoms with Gasteiger partial charge in [0.05, 0.1) is 22.9 Å². The molecule has 4 heterocycles. The van der Waals surface area contributed by atoms with Gasteiger partial charge in [-0.15, -0.1) is 0 Å². The molecule has 7 heteroatoms. The second kappa shape index (κ2) is 7.41. The van der Waals surface area contributed by atoms with Gasteiger partial charge in [-0.25, -0.2) is 4.98 Å². The van der Waals surface area contributed by atoms with Gasteiger partial charge in [0.15, 0.2) is 11.4 Å². The first-order chi connectivity index (χ1) is 15.8. The van der Waals surface area contributed by atoms with Gasteiger partial charge in [0.25, 0.3) is 5.91 Å². The van der Waals surface area contributed by atoms with Gasteiger partial charge in [-0.3, -0.25) is 9.20 Å². The number of pyridine rings is 1. The SMILES string of the molecule is N#Cc1c2c(c(N3CCN(C(=O)c4ccco4)CC3)n3c1nc1ccccc13)CCCC2. The summed E-state index contributed by atoms with van der Waals surface area (Å²) in [5.74, 6) is 1.47. The molecule has 0 atom stereocenters. The summed E-state index contributed by atoms with van der Waals surface area (Å²) in [7, 11) is 0. The van der Waals surface area contributed by atoms with Crippen molar-refractivity contribution in [1.29, 1.82) is 5.26 Å². The average Bonchev–Trinajstić information content (AvgIpc) is 3.51. The number of piperazine rings is 1. The number of nitrogens with zero attached hydrogens (tertiary/aromatic N) is 5. The van der Waals surface area contributed by atoms with Crippen molar-refractivity contribution in [1.82, 2.24) is 14.3 Å². The third kappa shape index (κ3) is 2.79. The smallest absolute Gasteiger partial charge is 0.289 e. The number of amides is 1. The highest BCUT2D eigenvalue weighted by Gasteiger charge is 2.30. The maximum atomic E-state index is 12.7. The maximum Gasteiger partial charge on any atom is 0.289 e. The van der Waals surface area contributed by atoms with E-state index < -0.39 is 0 Å². The van der Waals surface area contributed by atoms with Crippen LogP contribution in [0.3, 0.4) is 0 Å². The number of hydrogen-bond acceptors (Lipinski definition) is 5. The predicted molar refractivity (Wildman–Crippen MR) is 121 cm³/mol. The van der Waals surface area contributed by atoms with Gasteiger partial charge in [0, 0.05) is 26.2 Å². The zero-order chi connectivity index (χ0) is 21.7. The van der Waals surface area contributed by atoms with Crippen molar-refractivity contribution in [3.63, 3.8) is 0 Å². The summed E-state index contributed by atoms with van der Waals surface area (Å²) in [4.78, 5) is 21.8. The normalized spacial score (nSPS) is 16.3. The summed E-state index contributed by atoms with van der Waals surface area (Å²) in [6, 6.07) is 14.0. The quantitative estimate of drug-likeness (QED) is 0.488. The van der Waals surface area contributed by atoms with Crippen LogP contribution in [0.15, 0.2) is 47.1 Å². The molecule has 3 aromatic heterocycles. The molecule has 0 radical (unpaired) electrons. The fraction of sp³-hybridized carbons (Fsp3) is 0.320. The van der Waals surface area contributed by atoms with E-state index in [-0.39, 0.29) is 5.91 Å². The number of para-hydroxylation sites is 2. The number of anilines is 1. The maximum absolute atomic E-state index is 12.7. The Hall–Kier alpha value is -3.79. The third-order valence-corrected chi connectivity index (χ3v) is 6.75. The van der Waals surface area contributed by atoms with Crippen LogP contribution < -0.4 is 4.90 Å². The number of carbonyl (C=O) groups excluding carboxylic acids is 1. The van der Waals surface area contributed by atoms with E-state index in [0.717, 1.165) is 66.8 Å². The lowest BCUT2D eigenvalue weighted by Crippen LogP contribution is -2.49. The van der Waals surface area contributed by atoms with Gasteiger partial charge < -0.3 is 14.2 Å². The lowest BCUT2D eigenvalue weighted by molar-refractivity contribution is 0.0714. The van der Waals surface area contributed by atoms with Crippen LogP contribution in [-0.2, 0) is 12.8 Å². The molecule has 6 rings (SSSR count). The summed E-state index contributed by atoms with van der Waals surface area (Å²) < 4.78 is 7.49. The monoisotopic (exact) mass is 425 g/mol. The Bertz CT molecular complexity index is 1370. The Morgan fingerprint density at radius 2 is 1.78 bits per heavy atom. The van der Waals surface area contributed by atoms with E-state index >= 15 is 0 Å². The molecule has 1 amide bonds. The van der Waals surface area contributed by atoms with Crippen LogP contribution in [0.2, 0.25) is 0 Å². The molecule has 0 bridgehead atoms. The Kier molecular flexibility index (Phi) is 4.39. The van der Waals surface area contributed by atoms with Gasteiger partial charge >= 0.3 is 0 Å². The first-order valence-corrected chi connectivity index (χ1v) is 11.2. The molecule has 1 aromatic carbocycles. The standard InChI is InChI=1S/C25H23N5O2/c26-16-19-17-6-1-2-7-18(17)24(30-21-9-4-3-8-20(21)27-23(19)30)28-11-13-29(14-12-28)25(31)22-10-5-15-32-22/h3-5,8-10,15H,1-2,6-7,11-14H2. The van der Waals surface area contributed by atoms with Crippen molar-refractivity contribution in [2.45, 2.75) is 25.7 Å². The van der Waals surface area contributed by atoms with E-state index in [1.807, 2.05) is 23.1 Å². The average molecular weight is 425 g/mol. The molecule has 1 fully saturated rings. The van der Waals surface area contributed by atoms with E-state index in [1.165, 1.54) is 11.8 Å². The number of fused-ring (bicyclic) bond motifs is 4. The molecule has 0 saturated carbocycles. The lowest BCUT2D eigenvalue weighted by Gasteiger charge is -2.38. The molecule has 0 spiro atoms. The molecule has 7 nitrogen and oxygen atoms in total. The minimum atomic E-state index is -0.0604. The Morgan fingerprint density at radius 3 is 2.53 bits per heavy atom. The topological polar surface area (TPSA) is 77.8 Å². The highest BCUT2D eigenvalue weighted by Crippen LogP contribution is 2.37. The van der Waals surface area contributed by atoms with Crippen LogP contribution in [0, 0.1) is 11.3 Å². The fourth-order valence-corrected chi connectivity index (χ4v) is 5.23. The van der Waals surface area contributed by atoms with E-state index in [2.05, 4.69) is 21.4 Å². The molecular formula is C25H23N5O2. The van der Waals surface area contributed by atoms with E-state index in [9.17, 15) is 10.1 Å². The molecule has 2 aliphatic rings. The molecule has 0 N–H and O–H groups in total. The van der Waals surface area contributed by atoms with Gasteiger partial charge in [-0.1, -0.05) is 12.1 Å². The highest BCUT2D eigenvalue weighted by molar-refractivity contribution is 5.91. The second-order valence-electron chi connectivity index (χ2n) is 8.49.